The monoisotopic (exact) mass is 466 g/mol. The number of nitriles is 1. The highest BCUT2D eigenvalue weighted by molar-refractivity contribution is 5.88. The Morgan fingerprint density at radius 3 is 2.69 bits per heavy atom. The Bertz CT molecular complexity index is 1460. The molecule has 3 heterocycles. The Balaban J connectivity index is 1.85. The van der Waals surface area contributed by atoms with E-state index in [-0.39, 0.29) is 12.0 Å². The summed E-state index contributed by atoms with van der Waals surface area (Å²) in [5.74, 6) is 0.764. The van der Waals surface area contributed by atoms with Crippen molar-refractivity contribution in [2.24, 2.45) is 0 Å². The molecule has 178 valence electrons. The zero-order valence-corrected chi connectivity index (χ0v) is 20.5. The van der Waals surface area contributed by atoms with E-state index in [1.807, 2.05) is 44.2 Å². The average molecular weight is 467 g/mol. The minimum Gasteiger partial charge on any atom is -0.464 e. The van der Waals surface area contributed by atoms with E-state index < -0.39 is 0 Å². The van der Waals surface area contributed by atoms with Gasteiger partial charge in [0, 0.05) is 18.5 Å². The molecule has 35 heavy (non-hydrogen) atoms. The van der Waals surface area contributed by atoms with Crippen LogP contribution in [0.3, 0.4) is 0 Å². The van der Waals surface area contributed by atoms with Crippen molar-refractivity contribution >= 4 is 28.5 Å². The molecule has 6 nitrogen and oxygen atoms in total. The Morgan fingerprint density at radius 2 is 1.91 bits per heavy atom. The van der Waals surface area contributed by atoms with E-state index in [0.717, 1.165) is 53.8 Å². The number of benzene rings is 2. The van der Waals surface area contributed by atoms with Gasteiger partial charge in [-0.05, 0) is 68.9 Å². The van der Waals surface area contributed by atoms with E-state index in [9.17, 15) is 10.1 Å². The van der Waals surface area contributed by atoms with Crippen LogP contribution in [-0.2, 0) is 16.0 Å². The zero-order valence-electron chi connectivity index (χ0n) is 20.5. The minimum atomic E-state index is -0.365. The predicted octanol–water partition coefficient (Wildman–Crippen LogP) is 5.49. The number of nitrogens with zero attached hydrogens (tertiary/aromatic N) is 4. The first-order valence-corrected chi connectivity index (χ1v) is 12.4. The van der Waals surface area contributed by atoms with Crippen LogP contribution >= 0.6 is 0 Å². The van der Waals surface area contributed by atoms with E-state index in [2.05, 4.69) is 40.5 Å². The largest absolute Gasteiger partial charge is 0.464 e. The number of carbonyl (C=O) groups excluding carboxylic acids is 1. The molecule has 2 aromatic carbocycles. The molecule has 0 aliphatic carbocycles. The number of imidazole rings is 1. The van der Waals surface area contributed by atoms with Gasteiger partial charge in [0.2, 0.25) is 0 Å². The molecule has 1 saturated heterocycles. The fraction of sp³-hybridized carbons (Fsp3) is 0.345. The molecule has 0 N–H and O–H groups in total. The third-order valence-electron chi connectivity index (χ3n) is 7.17. The van der Waals surface area contributed by atoms with Gasteiger partial charge in [0.05, 0.1) is 23.2 Å². The van der Waals surface area contributed by atoms with Crippen molar-refractivity contribution in [1.82, 2.24) is 9.38 Å². The summed E-state index contributed by atoms with van der Waals surface area (Å²) in [6.07, 6.45) is 3.38. The summed E-state index contributed by atoms with van der Waals surface area (Å²) in [4.78, 5) is 20.2. The number of ether oxygens (including phenoxy) is 1. The predicted molar refractivity (Wildman–Crippen MR) is 138 cm³/mol. The Hall–Kier alpha value is -3.85. The maximum absolute atomic E-state index is 13.1. The van der Waals surface area contributed by atoms with Gasteiger partial charge in [0.15, 0.2) is 5.65 Å². The number of aryl methyl sites for hydroxylation is 1. The molecule has 5 rings (SSSR count). The molecule has 1 fully saturated rings. The van der Waals surface area contributed by atoms with Crippen LogP contribution in [0.1, 0.15) is 54.0 Å². The molecule has 0 amide bonds. The summed E-state index contributed by atoms with van der Waals surface area (Å²) in [7, 11) is 0. The van der Waals surface area contributed by atoms with Crippen LogP contribution in [0.5, 0.6) is 0 Å². The summed E-state index contributed by atoms with van der Waals surface area (Å²) < 4.78 is 7.61. The Labute approximate surface area is 205 Å². The van der Waals surface area contributed by atoms with Gasteiger partial charge in [-0.2, -0.15) is 5.26 Å². The van der Waals surface area contributed by atoms with Crippen molar-refractivity contribution in [2.75, 3.05) is 18.1 Å². The quantitative estimate of drug-likeness (QED) is 0.364. The fourth-order valence-corrected chi connectivity index (χ4v) is 5.34. The second kappa shape index (κ2) is 9.42. The van der Waals surface area contributed by atoms with Crippen molar-refractivity contribution < 1.29 is 9.53 Å². The number of anilines is 1. The van der Waals surface area contributed by atoms with E-state index in [1.54, 1.807) is 0 Å². The summed E-state index contributed by atoms with van der Waals surface area (Å²) in [5, 5.41) is 10.2. The topological polar surface area (TPSA) is 70.6 Å². The van der Waals surface area contributed by atoms with Gasteiger partial charge in [-0.3, -0.25) is 4.40 Å². The highest BCUT2D eigenvalue weighted by atomic mass is 16.5. The highest BCUT2D eigenvalue weighted by Crippen LogP contribution is 2.37. The van der Waals surface area contributed by atoms with Crippen LogP contribution < -0.4 is 4.90 Å². The molecule has 0 spiro atoms. The van der Waals surface area contributed by atoms with Crippen LogP contribution in [0.2, 0.25) is 0 Å². The number of fused-ring (bicyclic) bond motifs is 3. The van der Waals surface area contributed by atoms with Gasteiger partial charge in [-0.1, -0.05) is 36.4 Å². The van der Waals surface area contributed by atoms with Gasteiger partial charge in [-0.25, -0.2) is 9.78 Å². The van der Waals surface area contributed by atoms with Crippen LogP contribution in [0.15, 0.2) is 48.5 Å². The van der Waals surface area contributed by atoms with Crippen LogP contribution in [0.25, 0.3) is 16.7 Å². The van der Waals surface area contributed by atoms with Gasteiger partial charge < -0.3 is 9.64 Å². The lowest BCUT2D eigenvalue weighted by atomic mass is 9.93. The lowest BCUT2D eigenvalue weighted by molar-refractivity contribution is -0.145. The standard InChI is InChI=1S/C29H30N4O2/c1-4-35-29(34)26-15-9-10-16-32(26)28-22(17-21-12-6-5-11-19(21)2)20(3)23(18-30)27-31-24-13-7-8-14-25(24)33(27)28/h5-8,11-14,26H,4,9-10,15-17H2,1-3H3. The number of para-hydroxylation sites is 2. The van der Waals surface area contributed by atoms with Crippen LogP contribution in [0, 0.1) is 25.2 Å². The molecule has 1 atom stereocenters. The van der Waals surface area contributed by atoms with Crippen molar-refractivity contribution in [3.63, 3.8) is 0 Å². The number of hydrogen-bond acceptors (Lipinski definition) is 5. The first-order chi connectivity index (χ1) is 17.0. The molecule has 6 heteroatoms. The molecule has 1 aliphatic heterocycles. The van der Waals surface area contributed by atoms with Gasteiger partial charge >= 0.3 is 5.97 Å². The fourth-order valence-electron chi connectivity index (χ4n) is 5.34. The summed E-state index contributed by atoms with van der Waals surface area (Å²) in [5.41, 5.74) is 7.38. The molecule has 2 aromatic heterocycles. The van der Waals surface area contributed by atoms with E-state index >= 15 is 0 Å². The lowest BCUT2D eigenvalue weighted by Gasteiger charge is -2.38. The number of aromatic nitrogens is 2. The number of hydrogen-bond donors (Lipinski definition) is 0. The SMILES string of the molecule is CCOC(=O)C1CCCCN1c1c(Cc2ccccc2C)c(C)c(C#N)c2nc3ccccc3n12. The lowest BCUT2D eigenvalue weighted by Crippen LogP contribution is -2.47. The summed E-state index contributed by atoms with van der Waals surface area (Å²) in [6, 6.07) is 18.4. The van der Waals surface area contributed by atoms with Crippen LogP contribution in [0.4, 0.5) is 5.82 Å². The maximum atomic E-state index is 13.1. The molecular weight excluding hydrogens is 436 g/mol. The normalized spacial score (nSPS) is 15.9. The molecule has 4 aromatic rings. The van der Waals surface area contributed by atoms with Crippen molar-refractivity contribution in [3.05, 3.63) is 76.3 Å². The molecule has 1 unspecified atom stereocenters. The minimum absolute atomic E-state index is 0.186. The van der Waals surface area contributed by atoms with Gasteiger partial charge in [0.1, 0.15) is 17.9 Å². The molecule has 0 bridgehead atoms. The first kappa shape index (κ1) is 22.9. The van der Waals surface area contributed by atoms with Crippen molar-refractivity contribution in [1.29, 1.82) is 5.26 Å². The average Bonchev–Trinajstić information content (AvgIpc) is 3.25. The number of esters is 1. The van der Waals surface area contributed by atoms with Crippen molar-refractivity contribution in [3.8, 4) is 6.07 Å². The number of piperidine rings is 1. The van der Waals surface area contributed by atoms with E-state index in [0.29, 0.717) is 24.2 Å². The summed E-state index contributed by atoms with van der Waals surface area (Å²) in [6.45, 7) is 7.08. The third kappa shape index (κ3) is 3.91. The molecular formula is C29H30N4O2. The molecule has 0 radical (unpaired) electrons. The van der Waals surface area contributed by atoms with Crippen LogP contribution in [-0.4, -0.2) is 34.5 Å². The highest BCUT2D eigenvalue weighted by Gasteiger charge is 2.34. The Kier molecular flexibility index (Phi) is 6.17. The van der Waals surface area contributed by atoms with Gasteiger partial charge in [-0.15, -0.1) is 0 Å². The molecule has 1 aliphatic rings. The zero-order chi connectivity index (χ0) is 24.5. The second-order valence-corrected chi connectivity index (χ2v) is 9.23. The number of rotatable bonds is 5. The van der Waals surface area contributed by atoms with E-state index in [4.69, 9.17) is 9.72 Å². The Morgan fingerprint density at radius 1 is 1.14 bits per heavy atom. The molecule has 0 saturated carbocycles. The van der Waals surface area contributed by atoms with Gasteiger partial charge in [0.25, 0.3) is 0 Å². The maximum Gasteiger partial charge on any atom is 0.328 e. The number of pyridine rings is 1. The number of carbonyl (C=O) groups is 1. The second-order valence-electron chi connectivity index (χ2n) is 9.23. The smallest absolute Gasteiger partial charge is 0.328 e. The third-order valence-corrected chi connectivity index (χ3v) is 7.17. The van der Waals surface area contributed by atoms with Crippen molar-refractivity contribution in [2.45, 2.75) is 52.5 Å². The first-order valence-electron chi connectivity index (χ1n) is 12.4. The van der Waals surface area contributed by atoms with E-state index in [1.165, 1.54) is 11.1 Å². The summed E-state index contributed by atoms with van der Waals surface area (Å²) >= 11 is 0.